The number of amides is 1. The average molecular weight is 383 g/mol. The van der Waals surface area contributed by atoms with E-state index in [-0.39, 0.29) is 17.6 Å². The molecule has 4 heterocycles. The Morgan fingerprint density at radius 1 is 1.07 bits per heavy atom. The molecule has 0 radical (unpaired) electrons. The fourth-order valence-electron chi connectivity index (χ4n) is 4.83. The van der Waals surface area contributed by atoms with E-state index in [1.807, 2.05) is 18.7 Å². The first-order valence-electron chi connectivity index (χ1n) is 10.4. The molecule has 2 aromatic heterocycles. The summed E-state index contributed by atoms with van der Waals surface area (Å²) in [5.74, 6) is 2.33. The standard InChI is InChI=1S/C21H29N5O2/c1-13-18(15(3)27)14(2)22-19(13)21(28)25-10-7-8-16(12-25)20-24-23-17-9-5-4-6-11-26(17)20/h16,22H,4-12H2,1-3H3/t16-/m0/s1. The second kappa shape index (κ2) is 7.53. The Labute approximate surface area is 165 Å². The maximum absolute atomic E-state index is 13.2. The molecule has 0 aliphatic carbocycles. The van der Waals surface area contributed by atoms with Gasteiger partial charge in [-0.15, -0.1) is 10.2 Å². The van der Waals surface area contributed by atoms with Crippen molar-refractivity contribution < 1.29 is 9.59 Å². The lowest BCUT2D eigenvalue weighted by Crippen LogP contribution is -2.40. The number of aromatic amines is 1. The number of carbonyl (C=O) groups excluding carboxylic acids is 2. The van der Waals surface area contributed by atoms with Crippen molar-refractivity contribution in [3.8, 4) is 0 Å². The summed E-state index contributed by atoms with van der Waals surface area (Å²) in [4.78, 5) is 30.2. The minimum atomic E-state index is -0.0200. The quantitative estimate of drug-likeness (QED) is 0.825. The maximum Gasteiger partial charge on any atom is 0.270 e. The summed E-state index contributed by atoms with van der Waals surface area (Å²) in [7, 11) is 0. The molecule has 0 aromatic carbocycles. The van der Waals surface area contributed by atoms with E-state index in [0.717, 1.165) is 55.3 Å². The molecule has 0 unspecified atom stereocenters. The molecule has 1 atom stereocenters. The summed E-state index contributed by atoms with van der Waals surface area (Å²) in [6.45, 7) is 7.63. The van der Waals surface area contributed by atoms with E-state index in [0.29, 0.717) is 17.8 Å². The number of piperidine rings is 1. The zero-order valence-electron chi connectivity index (χ0n) is 17.0. The Hall–Kier alpha value is -2.44. The van der Waals surface area contributed by atoms with Gasteiger partial charge in [0.05, 0.1) is 0 Å². The molecule has 1 N–H and O–H groups in total. The summed E-state index contributed by atoms with van der Waals surface area (Å²) < 4.78 is 2.30. The van der Waals surface area contributed by atoms with Gasteiger partial charge in [0.1, 0.15) is 17.3 Å². The zero-order chi connectivity index (χ0) is 19.8. The highest BCUT2D eigenvalue weighted by Crippen LogP contribution is 2.29. The fraction of sp³-hybridized carbons (Fsp3) is 0.619. The molecule has 2 aliphatic rings. The monoisotopic (exact) mass is 383 g/mol. The highest BCUT2D eigenvalue weighted by Gasteiger charge is 2.31. The highest BCUT2D eigenvalue weighted by molar-refractivity contribution is 6.02. The van der Waals surface area contributed by atoms with E-state index in [1.165, 1.54) is 19.3 Å². The molecule has 150 valence electrons. The van der Waals surface area contributed by atoms with Gasteiger partial charge in [0, 0.05) is 43.2 Å². The maximum atomic E-state index is 13.2. The molecule has 4 rings (SSSR count). The molecule has 1 amide bonds. The molecule has 2 aliphatic heterocycles. The van der Waals surface area contributed by atoms with Crippen molar-refractivity contribution in [3.63, 3.8) is 0 Å². The number of rotatable bonds is 3. The van der Waals surface area contributed by atoms with E-state index in [9.17, 15) is 9.59 Å². The second-order valence-corrected chi connectivity index (χ2v) is 8.21. The van der Waals surface area contributed by atoms with Gasteiger partial charge in [0.2, 0.25) is 0 Å². The number of hydrogen-bond donors (Lipinski definition) is 1. The normalized spacial score (nSPS) is 20.0. The SMILES string of the molecule is CC(=O)c1c(C)[nH]c(C(=O)N2CCC[C@H](c3nnc4n3CCCCC4)C2)c1C. The molecule has 0 spiro atoms. The molecule has 7 heteroatoms. The van der Waals surface area contributed by atoms with E-state index >= 15 is 0 Å². The summed E-state index contributed by atoms with van der Waals surface area (Å²) in [5.41, 5.74) is 2.71. The van der Waals surface area contributed by atoms with Gasteiger partial charge >= 0.3 is 0 Å². The number of fused-ring (bicyclic) bond motifs is 1. The van der Waals surface area contributed by atoms with Crippen LogP contribution in [0.15, 0.2) is 0 Å². The number of aryl methyl sites for hydroxylation is 2. The van der Waals surface area contributed by atoms with Crippen molar-refractivity contribution in [2.75, 3.05) is 13.1 Å². The van der Waals surface area contributed by atoms with Crippen LogP contribution in [-0.2, 0) is 13.0 Å². The second-order valence-electron chi connectivity index (χ2n) is 8.21. The molecular weight excluding hydrogens is 354 g/mol. The first-order valence-corrected chi connectivity index (χ1v) is 10.4. The smallest absolute Gasteiger partial charge is 0.270 e. The summed E-state index contributed by atoms with van der Waals surface area (Å²) in [6, 6.07) is 0. The minimum Gasteiger partial charge on any atom is -0.354 e. The Kier molecular flexibility index (Phi) is 5.08. The Bertz CT molecular complexity index is 910. The van der Waals surface area contributed by atoms with Gasteiger partial charge in [-0.05, 0) is 52.0 Å². The molecule has 7 nitrogen and oxygen atoms in total. The lowest BCUT2D eigenvalue weighted by atomic mass is 9.96. The van der Waals surface area contributed by atoms with Crippen LogP contribution >= 0.6 is 0 Å². The number of likely N-dealkylation sites (tertiary alicyclic amines) is 1. The van der Waals surface area contributed by atoms with Gasteiger partial charge in [-0.2, -0.15) is 0 Å². The Morgan fingerprint density at radius 2 is 1.89 bits per heavy atom. The predicted molar refractivity (Wildman–Crippen MR) is 106 cm³/mol. The number of Topliss-reactive ketones (excluding diaryl/α,β-unsaturated/α-hetero) is 1. The summed E-state index contributed by atoms with van der Waals surface area (Å²) in [6.07, 6.45) is 6.57. The van der Waals surface area contributed by atoms with Crippen LogP contribution in [0.3, 0.4) is 0 Å². The van der Waals surface area contributed by atoms with E-state index < -0.39 is 0 Å². The van der Waals surface area contributed by atoms with Gasteiger partial charge in [0.25, 0.3) is 5.91 Å². The third kappa shape index (κ3) is 3.27. The predicted octanol–water partition coefficient (Wildman–Crippen LogP) is 3.17. The zero-order valence-corrected chi connectivity index (χ0v) is 17.0. The molecule has 28 heavy (non-hydrogen) atoms. The largest absolute Gasteiger partial charge is 0.354 e. The van der Waals surface area contributed by atoms with Gasteiger partial charge in [0.15, 0.2) is 5.78 Å². The number of H-pyrrole nitrogens is 1. The number of aromatic nitrogens is 4. The van der Waals surface area contributed by atoms with Gasteiger partial charge in [-0.25, -0.2) is 0 Å². The minimum absolute atomic E-state index is 0.00651. The topological polar surface area (TPSA) is 83.9 Å². The van der Waals surface area contributed by atoms with Gasteiger partial charge in [-0.1, -0.05) is 6.42 Å². The Morgan fingerprint density at radius 3 is 2.64 bits per heavy atom. The van der Waals surface area contributed by atoms with Crippen LogP contribution in [0.4, 0.5) is 0 Å². The lowest BCUT2D eigenvalue weighted by Gasteiger charge is -2.32. The molecule has 0 bridgehead atoms. The number of nitrogens with zero attached hydrogens (tertiary/aromatic N) is 4. The van der Waals surface area contributed by atoms with Crippen molar-refractivity contribution in [2.24, 2.45) is 0 Å². The van der Waals surface area contributed by atoms with E-state index in [2.05, 4.69) is 19.7 Å². The number of carbonyl (C=O) groups is 2. The number of ketones is 1. The van der Waals surface area contributed by atoms with Crippen LogP contribution in [0.1, 0.15) is 88.7 Å². The summed E-state index contributed by atoms with van der Waals surface area (Å²) >= 11 is 0. The van der Waals surface area contributed by atoms with Gasteiger partial charge < -0.3 is 14.5 Å². The first-order chi connectivity index (χ1) is 13.5. The van der Waals surface area contributed by atoms with Crippen LogP contribution in [0.25, 0.3) is 0 Å². The van der Waals surface area contributed by atoms with Crippen LogP contribution < -0.4 is 0 Å². The average Bonchev–Trinajstić information content (AvgIpc) is 3.12. The third-order valence-electron chi connectivity index (χ3n) is 6.22. The third-order valence-corrected chi connectivity index (χ3v) is 6.22. The van der Waals surface area contributed by atoms with Crippen molar-refractivity contribution in [1.82, 2.24) is 24.6 Å². The van der Waals surface area contributed by atoms with Crippen molar-refractivity contribution in [3.05, 3.63) is 34.2 Å². The molecular formula is C21H29N5O2. The Balaban J connectivity index is 1.56. The lowest BCUT2D eigenvalue weighted by molar-refractivity contribution is 0.0697. The summed E-state index contributed by atoms with van der Waals surface area (Å²) in [5, 5.41) is 8.95. The van der Waals surface area contributed by atoms with E-state index in [4.69, 9.17) is 0 Å². The molecule has 0 saturated carbocycles. The highest BCUT2D eigenvalue weighted by atomic mass is 16.2. The van der Waals surface area contributed by atoms with Crippen LogP contribution in [-0.4, -0.2) is 49.4 Å². The molecule has 1 saturated heterocycles. The van der Waals surface area contributed by atoms with Crippen LogP contribution in [0.5, 0.6) is 0 Å². The van der Waals surface area contributed by atoms with Crippen molar-refractivity contribution in [2.45, 2.75) is 71.8 Å². The number of nitrogens with one attached hydrogen (secondary N) is 1. The molecule has 2 aromatic rings. The van der Waals surface area contributed by atoms with Gasteiger partial charge in [-0.3, -0.25) is 9.59 Å². The molecule has 1 fully saturated rings. The van der Waals surface area contributed by atoms with Crippen LogP contribution in [0.2, 0.25) is 0 Å². The van der Waals surface area contributed by atoms with Crippen molar-refractivity contribution in [1.29, 1.82) is 0 Å². The van der Waals surface area contributed by atoms with E-state index in [1.54, 1.807) is 6.92 Å². The van der Waals surface area contributed by atoms with Crippen molar-refractivity contribution >= 4 is 11.7 Å². The van der Waals surface area contributed by atoms with Crippen LogP contribution in [0, 0.1) is 13.8 Å². The first kappa shape index (κ1) is 18.9. The number of hydrogen-bond acceptors (Lipinski definition) is 4. The fourth-order valence-corrected chi connectivity index (χ4v) is 4.83.